The number of ether oxygens (including phenoxy) is 1. The van der Waals surface area contributed by atoms with Crippen LogP contribution in [0.1, 0.15) is 96.8 Å². The molecule has 182 valence electrons. The number of allylic oxidation sites excluding steroid dienone is 2. The zero-order chi connectivity index (χ0) is 22.9. The molecule has 0 aliphatic carbocycles. The van der Waals surface area contributed by atoms with Crippen molar-refractivity contribution in [2.75, 3.05) is 6.61 Å². The van der Waals surface area contributed by atoms with Crippen LogP contribution in [0.15, 0.2) is 12.2 Å². The van der Waals surface area contributed by atoms with Crippen LogP contribution in [0, 0.1) is 0 Å². The Hall–Kier alpha value is -0.990. The van der Waals surface area contributed by atoms with Gasteiger partial charge in [0, 0.05) is 6.42 Å². The molecule has 0 spiro atoms. The van der Waals surface area contributed by atoms with E-state index in [1.165, 1.54) is 51.4 Å². The largest absolute Gasteiger partial charge is 0.394 e. The van der Waals surface area contributed by atoms with Crippen molar-refractivity contribution in [3.8, 4) is 0 Å². The third kappa shape index (κ3) is 12.0. The molecule has 1 unspecified atom stereocenters. The minimum Gasteiger partial charge on any atom is -0.394 e. The summed E-state index contributed by atoms with van der Waals surface area (Å²) in [4.78, 5) is 12.1. The summed E-state index contributed by atoms with van der Waals surface area (Å²) in [6.07, 6.45) is 13.9. The van der Waals surface area contributed by atoms with Crippen molar-refractivity contribution in [1.82, 2.24) is 5.32 Å². The van der Waals surface area contributed by atoms with Gasteiger partial charge >= 0.3 is 0 Å². The van der Waals surface area contributed by atoms with Crippen LogP contribution >= 0.6 is 0 Å². The van der Waals surface area contributed by atoms with Gasteiger partial charge in [-0.3, -0.25) is 4.79 Å². The second-order valence-corrected chi connectivity index (χ2v) is 8.65. The maximum absolute atomic E-state index is 12.1. The zero-order valence-corrected chi connectivity index (χ0v) is 19.3. The van der Waals surface area contributed by atoms with Crippen LogP contribution in [0.2, 0.25) is 0 Å². The molecule has 0 bridgehead atoms. The first kappa shape index (κ1) is 28.0. The van der Waals surface area contributed by atoms with Crippen molar-refractivity contribution in [2.45, 2.75) is 127 Å². The number of aliphatic hydroxyl groups is 4. The first-order valence-corrected chi connectivity index (χ1v) is 12.3. The van der Waals surface area contributed by atoms with Gasteiger partial charge < -0.3 is 30.5 Å². The lowest BCUT2D eigenvalue weighted by Crippen LogP contribution is -2.63. The minimum absolute atomic E-state index is 0.276. The fraction of sp³-hybridized carbons (Fsp3) is 0.875. The van der Waals surface area contributed by atoms with Crippen molar-refractivity contribution >= 4 is 5.91 Å². The van der Waals surface area contributed by atoms with Crippen molar-refractivity contribution in [2.24, 2.45) is 0 Å². The number of carbonyl (C=O) groups is 1. The van der Waals surface area contributed by atoms with Gasteiger partial charge in [-0.15, -0.1) is 0 Å². The van der Waals surface area contributed by atoms with Gasteiger partial charge in [0.2, 0.25) is 5.91 Å². The summed E-state index contributed by atoms with van der Waals surface area (Å²) in [6.45, 7) is 1.74. The van der Waals surface area contributed by atoms with E-state index in [1.54, 1.807) is 0 Å². The molecule has 5 atom stereocenters. The molecule has 7 nitrogen and oxygen atoms in total. The molecular weight excluding hydrogens is 398 g/mol. The van der Waals surface area contributed by atoms with Crippen LogP contribution in [-0.2, 0) is 9.53 Å². The Kier molecular flexibility index (Phi) is 15.9. The SMILES string of the molecule is CCCCCCCCC=CCCCCCCCC(=O)NC1O[C@H](CO)[C@@H](O)[C@H](O)[C@H]1O. The third-order valence-electron chi connectivity index (χ3n) is 5.86. The van der Waals surface area contributed by atoms with Gasteiger partial charge in [-0.05, 0) is 32.1 Å². The third-order valence-corrected chi connectivity index (χ3v) is 5.86. The van der Waals surface area contributed by atoms with Crippen LogP contribution in [0.5, 0.6) is 0 Å². The van der Waals surface area contributed by atoms with E-state index in [1.807, 2.05) is 0 Å². The molecule has 1 rings (SSSR count). The van der Waals surface area contributed by atoms with Crippen LogP contribution in [0.25, 0.3) is 0 Å². The number of amides is 1. The normalized spacial score (nSPS) is 26.4. The number of unbranched alkanes of at least 4 members (excludes halogenated alkanes) is 11. The molecule has 1 amide bonds. The molecule has 0 aromatic heterocycles. The van der Waals surface area contributed by atoms with E-state index in [0.717, 1.165) is 32.1 Å². The highest BCUT2D eigenvalue weighted by molar-refractivity contribution is 5.76. The summed E-state index contributed by atoms with van der Waals surface area (Å²) in [7, 11) is 0. The Labute approximate surface area is 187 Å². The topological polar surface area (TPSA) is 119 Å². The van der Waals surface area contributed by atoms with Crippen LogP contribution in [0.3, 0.4) is 0 Å². The van der Waals surface area contributed by atoms with E-state index in [4.69, 9.17) is 4.74 Å². The van der Waals surface area contributed by atoms with E-state index in [9.17, 15) is 25.2 Å². The average Bonchev–Trinajstić information content (AvgIpc) is 2.76. The van der Waals surface area contributed by atoms with Gasteiger partial charge in [0.1, 0.15) is 24.4 Å². The van der Waals surface area contributed by atoms with E-state index < -0.39 is 37.3 Å². The monoisotopic (exact) mass is 443 g/mol. The van der Waals surface area contributed by atoms with Gasteiger partial charge in [0.25, 0.3) is 0 Å². The maximum Gasteiger partial charge on any atom is 0.222 e. The summed E-state index contributed by atoms with van der Waals surface area (Å²) in [6, 6.07) is 0. The Bertz CT molecular complexity index is 485. The number of rotatable bonds is 17. The molecule has 1 saturated heterocycles. The first-order chi connectivity index (χ1) is 15.0. The zero-order valence-electron chi connectivity index (χ0n) is 19.3. The predicted octanol–water partition coefficient (Wildman–Crippen LogP) is 2.94. The van der Waals surface area contributed by atoms with E-state index in [2.05, 4.69) is 24.4 Å². The Morgan fingerprint density at radius 1 is 0.806 bits per heavy atom. The smallest absolute Gasteiger partial charge is 0.222 e. The van der Waals surface area contributed by atoms with Gasteiger partial charge in [-0.2, -0.15) is 0 Å². The fourth-order valence-corrected chi connectivity index (χ4v) is 3.81. The molecule has 0 aromatic carbocycles. The molecule has 0 radical (unpaired) electrons. The molecule has 1 aliphatic rings. The summed E-state index contributed by atoms with van der Waals surface area (Å²) in [5.74, 6) is -0.276. The Balaban J connectivity index is 1.99. The molecular formula is C24H45NO6. The lowest BCUT2D eigenvalue weighted by Gasteiger charge is -2.40. The van der Waals surface area contributed by atoms with Crippen LogP contribution in [0.4, 0.5) is 0 Å². The summed E-state index contributed by atoms with van der Waals surface area (Å²) in [5, 5.41) is 41.1. The quantitative estimate of drug-likeness (QED) is 0.174. The highest BCUT2D eigenvalue weighted by atomic mass is 16.6. The Morgan fingerprint density at radius 3 is 1.94 bits per heavy atom. The van der Waals surface area contributed by atoms with Crippen molar-refractivity contribution in [3.05, 3.63) is 12.2 Å². The summed E-state index contributed by atoms with van der Waals surface area (Å²) >= 11 is 0. The van der Waals surface area contributed by atoms with Gasteiger partial charge in [-0.25, -0.2) is 0 Å². The molecule has 1 aliphatic heterocycles. The number of carbonyl (C=O) groups excluding carboxylic acids is 1. The number of hydrogen-bond donors (Lipinski definition) is 5. The van der Waals surface area contributed by atoms with E-state index in [-0.39, 0.29) is 5.91 Å². The molecule has 1 heterocycles. The molecule has 31 heavy (non-hydrogen) atoms. The number of aliphatic hydroxyl groups excluding tert-OH is 4. The first-order valence-electron chi connectivity index (χ1n) is 12.3. The van der Waals surface area contributed by atoms with Crippen molar-refractivity contribution in [1.29, 1.82) is 0 Å². The van der Waals surface area contributed by atoms with Crippen molar-refractivity contribution in [3.63, 3.8) is 0 Å². The summed E-state index contributed by atoms with van der Waals surface area (Å²) in [5.41, 5.74) is 0. The molecule has 7 heteroatoms. The average molecular weight is 444 g/mol. The van der Waals surface area contributed by atoms with Gasteiger partial charge in [-0.1, -0.05) is 70.4 Å². The lowest BCUT2D eigenvalue weighted by atomic mass is 9.98. The van der Waals surface area contributed by atoms with Crippen molar-refractivity contribution < 1.29 is 30.0 Å². The predicted molar refractivity (Wildman–Crippen MR) is 121 cm³/mol. The van der Waals surface area contributed by atoms with Gasteiger partial charge in [0.05, 0.1) is 6.61 Å². The van der Waals surface area contributed by atoms with Crippen LogP contribution < -0.4 is 5.32 Å². The summed E-state index contributed by atoms with van der Waals surface area (Å²) < 4.78 is 5.28. The lowest BCUT2D eigenvalue weighted by molar-refractivity contribution is -0.236. The molecule has 0 saturated carbocycles. The highest BCUT2D eigenvalue weighted by Crippen LogP contribution is 2.20. The minimum atomic E-state index is -1.48. The van der Waals surface area contributed by atoms with E-state index in [0.29, 0.717) is 6.42 Å². The fourth-order valence-electron chi connectivity index (χ4n) is 3.81. The van der Waals surface area contributed by atoms with Gasteiger partial charge in [0.15, 0.2) is 6.23 Å². The van der Waals surface area contributed by atoms with E-state index >= 15 is 0 Å². The molecule has 0 aromatic rings. The second-order valence-electron chi connectivity index (χ2n) is 8.65. The molecule has 1 fully saturated rings. The second kappa shape index (κ2) is 17.6. The molecule has 5 N–H and O–H groups in total. The maximum atomic E-state index is 12.1. The standard InChI is InChI=1S/C24H45NO6/c1-2-3-4-5-6-7-8-9-10-11-12-13-14-15-16-17-20(27)25-24-23(30)22(29)21(28)19(18-26)31-24/h9-10,19,21-24,26,28-30H,2-8,11-18H2,1H3,(H,25,27)/t19-,21-,22+,23-,24?/m1/s1. The Morgan fingerprint density at radius 2 is 1.35 bits per heavy atom. The number of hydrogen-bond acceptors (Lipinski definition) is 6. The van der Waals surface area contributed by atoms with Crippen LogP contribution in [-0.4, -0.2) is 63.6 Å². The number of nitrogens with one attached hydrogen (secondary N) is 1. The highest BCUT2D eigenvalue weighted by Gasteiger charge is 2.43.